The summed E-state index contributed by atoms with van der Waals surface area (Å²) in [5.74, 6) is -0.378. The van der Waals surface area contributed by atoms with E-state index >= 15 is 0 Å². The molecule has 2 atom stereocenters. The summed E-state index contributed by atoms with van der Waals surface area (Å²) >= 11 is 4.35. The van der Waals surface area contributed by atoms with Gasteiger partial charge in [-0.25, -0.2) is 0 Å². The Hall–Kier alpha value is -2.63. The summed E-state index contributed by atoms with van der Waals surface area (Å²) in [6, 6.07) is 11.9. The summed E-state index contributed by atoms with van der Waals surface area (Å²) in [5.41, 5.74) is 0.671. The van der Waals surface area contributed by atoms with Crippen molar-refractivity contribution in [1.29, 1.82) is 0 Å². The standard InChI is InChI=1S/C21H16O4S/c22-13-8-9-21(25,17(26)10-13)11-12-4-3-7-16-18(12)20(24)15-6-2-1-5-14(15)19(16)23/h1-10,17,22,25-26H,11H2. The van der Waals surface area contributed by atoms with Gasteiger partial charge in [0.25, 0.3) is 0 Å². The van der Waals surface area contributed by atoms with Crippen molar-refractivity contribution < 1.29 is 19.8 Å². The van der Waals surface area contributed by atoms with E-state index in [9.17, 15) is 19.8 Å². The van der Waals surface area contributed by atoms with Crippen LogP contribution in [0.3, 0.4) is 0 Å². The largest absolute Gasteiger partial charge is 0.508 e. The van der Waals surface area contributed by atoms with Crippen LogP contribution in [0.2, 0.25) is 0 Å². The molecule has 0 amide bonds. The smallest absolute Gasteiger partial charge is 0.194 e. The first kappa shape index (κ1) is 16.8. The molecule has 0 aromatic heterocycles. The number of carbonyl (C=O) groups is 2. The third kappa shape index (κ3) is 2.52. The summed E-state index contributed by atoms with van der Waals surface area (Å²) < 4.78 is 0. The van der Waals surface area contributed by atoms with Gasteiger partial charge in [0.2, 0.25) is 0 Å². The van der Waals surface area contributed by atoms with Crippen molar-refractivity contribution in [2.24, 2.45) is 0 Å². The Morgan fingerprint density at radius 1 is 0.962 bits per heavy atom. The van der Waals surface area contributed by atoms with Crippen LogP contribution in [-0.4, -0.2) is 32.6 Å². The highest BCUT2D eigenvalue weighted by Crippen LogP contribution is 2.34. The summed E-state index contributed by atoms with van der Waals surface area (Å²) in [7, 11) is 0. The number of rotatable bonds is 2. The van der Waals surface area contributed by atoms with Crippen LogP contribution in [0.5, 0.6) is 0 Å². The molecule has 0 saturated heterocycles. The van der Waals surface area contributed by atoms with Crippen molar-refractivity contribution >= 4 is 24.2 Å². The summed E-state index contributed by atoms with van der Waals surface area (Å²) in [6.07, 6.45) is 4.43. The topological polar surface area (TPSA) is 74.6 Å². The highest BCUT2D eigenvalue weighted by molar-refractivity contribution is 7.81. The average Bonchev–Trinajstić information content (AvgIpc) is 2.63. The number of ketones is 2. The number of carbonyl (C=O) groups excluding carboxylic acids is 2. The number of hydrogen-bond donors (Lipinski definition) is 3. The molecular formula is C21H16O4S. The van der Waals surface area contributed by atoms with E-state index in [0.717, 1.165) is 0 Å². The van der Waals surface area contributed by atoms with E-state index in [1.54, 1.807) is 42.5 Å². The third-order valence-corrected chi connectivity index (χ3v) is 5.49. The number of allylic oxidation sites excluding steroid dienone is 1. The number of aliphatic hydroxyl groups excluding tert-OH is 1. The van der Waals surface area contributed by atoms with Gasteiger partial charge in [-0.15, -0.1) is 0 Å². The number of aliphatic hydroxyl groups is 2. The van der Waals surface area contributed by atoms with Gasteiger partial charge >= 0.3 is 0 Å². The highest BCUT2D eigenvalue weighted by Gasteiger charge is 2.37. The second-order valence-electron chi connectivity index (χ2n) is 6.58. The molecule has 0 radical (unpaired) electrons. The zero-order valence-electron chi connectivity index (χ0n) is 13.7. The van der Waals surface area contributed by atoms with Gasteiger partial charge in [-0.05, 0) is 23.8 Å². The summed E-state index contributed by atoms with van der Waals surface area (Å²) in [4.78, 5) is 25.8. The van der Waals surface area contributed by atoms with E-state index in [4.69, 9.17) is 0 Å². The summed E-state index contributed by atoms with van der Waals surface area (Å²) in [6.45, 7) is 0. The quantitative estimate of drug-likeness (QED) is 0.611. The van der Waals surface area contributed by atoms with Gasteiger partial charge in [0.05, 0.1) is 5.25 Å². The number of benzene rings is 2. The molecule has 0 bridgehead atoms. The van der Waals surface area contributed by atoms with Crippen LogP contribution in [-0.2, 0) is 6.42 Å². The van der Waals surface area contributed by atoms with Gasteiger partial charge in [-0.2, -0.15) is 12.6 Å². The van der Waals surface area contributed by atoms with E-state index in [-0.39, 0.29) is 23.7 Å². The second-order valence-corrected chi connectivity index (χ2v) is 7.14. The van der Waals surface area contributed by atoms with Crippen LogP contribution in [0, 0.1) is 0 Å². The van der Waals surface area contributed by atoms with Crippen molar-refractivity contribution in [3.8, 4) is 0 Å². The van der Waals surface area contributed by atoms with Gasteiger partial charge in [0, 0.05) is 28.7 Å². The maximum Gasteiger partial charge on any atom is 0.194 e. The average molecular weight is 364 g/mol. The van der Waals surface area contributed by atoms with E-state index in [0.29, 0.717) is 27.8 Å². The SMILES string of the molecule is O=C1c2ccccc2C(=O)c2c(CC3(O)C=CC(O)=CC3S)cccc21. The van der Waals surface area contributed by atoms with Crippen molar-refractivity contribution in [2.45, 2.75) is 17.3 Å². The molecule has 130 valence electrons. The highest BCUT2D eigenvalue weighted by atomic mass is 32.1. The van der Waals surface area contributed by atoms with Crippen LogP contribution in [0.25, 0.3) is 0 Å². The minimum absolute atomic E-state index is 0.0324. The Morgan fingerprint density at radius 2 is 1.62 bits per heavy atom. The number of thiol groups is 1. The van der Waals surface area contributed by atoms with Crippen molar-refractivity contribution in [2.75, 3.05) is 0 Å². The Kier molecular flexibility index (Phi) is 3.86. The monoisotopic (exact) mass is 364 g/mol. The van der Waals surface area contributed by atoms with E-state index in [1.165, 1.54) is 18.2 Å². The minimum atomic E-state index is -1.37. The van der Waals surface area contributed by atoms with E-state index in [1.807, 2.05) is 0 Å². The fourth-order valence-electron chi connectivity index (χ4n) is 3.52. The van der Waals surface area contributed by atoms with Crippen LogP contribution >= 0.6 is 12.6 Å². The number of hydrogen-bond acceptors (Lipinski definition) is 5. The molecule has 0 saturated carbocycles. The molecule has 2 aliphatic carbocycles. The molecule has 2 unspecified atom stereocenters. The first-order chi connectivity index (χ1) is 12.4. The van der Waals surface area contributed by atoms with Crippen LogP contribution in [0.4, 0.5) is 0 Å². The van der Waals surface area contributed by atoms with Crippen molar-refractivity contribution in [3.63, 3.8) is 0 Å². The Balaban J connectivity index is 1.81. The minimum Gasteiger partial charge on any atom is -0.508 e. The van der Waals surface area contributed by atoms with Crippen LogP contribution in [0.15, 0.2) is 66.5 Å². The van der Waals surface area contributed by atoms with Crippen LogP contribution < -0.4 is 0 Å². The summed E-state index contributed by atoms with van der Waals surface area (Å²) in [5, 5.41) is 19.9. The molecule has 2 aromatic carbocycles. The molecule has 2 N–H and O–H groups in total. The molecule has 0 aliphatic heterocycles. The molecule has 26 heavy (non-hydrogen) atoms. The second kappa shape index (κ2) is 5.97. The van der Waals surface area contributed by atoms with E-state index < -0.39 is 10.9 Å². The Labute approximate surface area is 155 Å². The number of fused-ring (bicyclic) bond motifs is 2. The molecular weight excluding hydrogens is 348 g/mol. The van der Waals surface area contributed by atoms with Gasteiger partial charge in [-0.1, -0.05) is 42.5 Å². The predicted octanol–water partition coefficient (Wildman–Crippen LogP) is 3.05. The zero-order chi connectivity index (χ0) is 18.5. The zero-order valence-corrected chi connectivity index (χ0v) is 14.6. The molecule has 0 heterocycles. The lowest BCUT2D eigenvalue weighted by atomic mass is 9.78. The van der Waals surface area contributed by atoms with Gasteiger partial charge < -0.3 is 10.2 Å². The van der Waals surface area contributed by atoms with Gasteiger partial charge in [-0.3, -0.25) is 9.59 Å². The Morgan fingerprint density at radius 3 is 2.31 bits per heavy atom. The lowest BCUT2D eigenvalue weighted by Crippen LogP contribution is -2.40. The maximum absolute atomic E-state index is 13.0. The lowest BCUT2D eigenvalue weighted by Gasteiger charge is -2.32. The lowest BCUT2D eigenvalue weighted by molar-refractivity contribution is 0.0940. The normalized spacial score (nSPS) is 24.1. The maximum atomic E-state index is 13.0. The molecule has 2 aliphatic rings. The van der Waals surface area contributed by atoms with Crippen LogP contribution in [0.1, 0.15) is 37.4 Å². The predicted molar refractivity (Wildman–Crippen MR) is 101 cm³/mol. The molecule has 0 spiro atoms. The fraction of sp³-hybridized carbons (Fsp3) is 0.143. The third-order valence-electron chi connectivity index (χ3n) is 4.90. The van der Waals surface area contributed by atoms with Gasteiger partial charge in [0.1, 0.15) is 11.4 Å². The first-order valence-corrected chi connectivity index (χ1v) is 8.73. The molecule has 4 rings (SSSR count). The van der Waals surface area contributed by atoms with E-state index in [2.05, 4.69) is 12.6 Å². The first-order valence-electron chi connectivity index (χ1n) is 8.21. The molecule has 4 nitrogen and oxygen atoms in total. The van der Waals surface area contributed by atoms with Gasteiger partial charge in [0.15, 0.2) is 11.6 Å². The van der Waals surface area contributed by atoms with Crippen molar-refractivity contribution in [1.82, 2.24) is 0 Å². The molecule has 2 aromatic rings. The fourth-order valence-corrected chi connectivity index (χ4v) is 3.85. The molecule has 0 fully saturated rings. The molecule has 5 heteroatoms. The van der Waals surface area contributed by atoms with Crippen molar-refractivity contribution in [3.05, 3.63) is 94.3 Å². The Bertz CT molecular complexity index is 1000.